The fraction of sp³-hybridized carbons (Fsp3) is 0.615. The third-order valence-electron chi connectivity index (χ3n) is 7.74. The van der Waals surface area contributed by atoms with Crippen LogP contribution in [0.1, 0.15) is 74.6 Å². The molecule has 5 rings (SSSR count). The van der Waals surface area contributed by atoms with Gasteiger partial charge in [0.2, 0.25) is 0 Å². The molecule has 6 nitrogen and oxygen atoms in total. The van der Waals surface area contributed by atoms with Crippen LogP contribution in [0.5, 0.6) is 5.75 Å². The zero-order valence-corrected chi connectivity index (χ0v) is 19.3. The van der Waals surface area contributed by atoms with E-state index in [0.29, 0.717) is 17.7 Å². The van der Waals surface area contributed by atoms with Crippen molar-refractivity contribution in [3.8, 4) is 11.4 Å². The van der Waals surface area contributed by atoms with Gasteiger partial charge >= 0.3 is 0 Å². The number of amides is 1. The molecule has 0 spiro atoms. The fourth-order valence-electron chi connectivity index (χ4n) is 5.73. The molecule has 2 aliphatic carbocycles. The van der Waals surface area contributed by atoms with E-state index in [1.165, 1.54) is 38.5 Å². The minimum Gasteiger partial charge on any atom is -0.490 e. The first-order chi connectivity index (χ1) is 15.7. The highest BCUT2D eigenvalue weighted by molar-refractivity contribution is 5.93. The molecule has 2 saturated carbocycles. The smallest absolute Gasteiger partial charge is 0.257 e. The highest BCUT2D eigenvalue weighted by Gasteiger charge is 2.28. The summed E-state index contributed by atoms with van der Waals surface area (Å²) in [6, 6.07) is 9.26. The van der Waals surface area contributed by atoms with E-state index in [1.54, 1.807) is 10.9 Å². The Morgan fingerprint density at radius 1 is 0.969 bits per heavy atom. The summed E-state index contributed by atoms with van der Waals surface area (Å²) >= 11 is 0. The van der Waals surface area contributed by atoms with Crippen molar-refractivity contribution in [1.29, 1.82) is 0 Å². The predicted octanol–water partition coefficient (Wildman–Crippen LogP) is 4.67. The molecule has 2 heterocycles. The van der Waals surface area contributed by atoms with Gasteiger partial charge in [0.25, 0.3) is 5.91 Å². The second kappa shape index (κ2) is 9.65. The van der Waals surface area contributed by atoms with Crippen molar-refractivity contribution >= 4 is 5.91 Å². The molecular formula is C26H36N4O2. The van der Waals surface area contributed by atoms with Gasteiger partial charge in [-0.1, -0.05) is 25.7 Å². The topological polar surface area (TPSA) is 50.6 Å². The lowest BCUT2D eigenvalue weighted by molar-refractivity contribution is 0.0735. The van der Waals surface area contributed by atoms with Gasteiger partial charge in [-0.15, -0.1) is 0 Å². The largest absolute Gasteiger partial charge is 0.490 e. The maximum absolute atomic E-state index is 12.8. The van der Waals surface area contributed by atoms with E-state index in [1.807, 2.05) is 42.4 Å². The molecule has 1 aromatic heterocycles. The zero-order chi connectivity index (χ0) is 21.9. The van der Waals surface area contributed by atoms with Crippen molar-refractivity contribution in [3.05, 3.63) is 42.2 Å². The first-order valence-electron chi connectivity index (χ1n) is 12.5. The Morgan fingerprint density at radius 2 is 1.62 bits per heavy atom. The fourth-order valence-corrected chi connectivity index (χ4v) is 5.73. The summed E-state index contributed by atoms with van der Waals surface area (Å²) in [5, 5.41) is 4.43. The van der Waals surface area contributed by atoms with Crippen molar-refractivity contribution in [2.75, 3.05) is 20.1 Å². The highest BCUT2D eigenvalue weighted by Crippen LogP contribution is 2.28. The molecule has 0 unspecified atom stereocenters. The molecule has 2 aromatic rings. The van der Waals surface area contributed by atoms with Gasteiger partial charge < -0.3 is 14.5 Å². The minimum atomic E-state index is 0.0621. The molecule has 0 N–H and O–H groups in total. The molecule has 3 aliphatic rings. The van der Waals surface area contributed by atoms with Crippen molar-refractivity contribution in [3.63, 3.8) is 0 Å². The first-order valence-corrected chi connectivity index (χ1v) is 12.5. The van der Waals surface area contributed by atoms with Crippen LogP contribution in [0.2, 0.25) is 0 Å². The van der Waals surface area contributed by atoms with E-state index in [9.17, 15) is 4.79 Å². The van der Waals surface area contributed by atoms with Crippen molar-refractivity contribution in [1.82, 2.24) is 19.6 Å². The Morgan fingerprint density at radius 3 is 2.31 bits per heavy atom. The van der Waals surface area contributed by atoms with Crippen molar-refractivity contribution < 1.29 is 9.53 Å². The Kier molecular flexibility index (Phi) is 6.49. The molecule has 1 saturated heterocycles. The van der Waals surface area contributed by atoms with E-state index in [2.05, 4.69) is 10.00 Å². The van der Waals surface area contributed by atoms with Gasteiger partial charge in [-0.25, -0.2) is 4.68 Å². The number of nitrogens with zero attached hydrogens (tertiary/aromatic N) is 4. The van der Waals surface area contributed by atoms with Crippen LogP contribution in [-0.4, -0.2) is 63.8 Å². The Hall–Kier alpha value is -2.34. The molecule has 0 atom stereocenters. The normalized spacial score (nSPS) is 21.3. The number of piperidine rings is 1. The number of carbonyl (C=O) groups is 1. The van der Waals surface area contributed by atoms with Gasteiger partial charge in [-0.3, -0.25) is 4.79 Å². The standard InChI is InChI=1S/C26H36N4O2/c1-28(21-6-2-3-7-21)26(31)20-18-27-30(19-20)23-10-12-24(13-11-23)32-25-14-16-29(17-15-25)22-8-4-5-9-22/h10-13,18-19,21-22,25H,2-9,14-17H2,1H3. The lowest BCUT2D eigenvalue weighted by Gasteiger charge is -2.36. The maximum Gasteiger partial charge on any atom is 0.257 e. The highest BCUT2D eigenvalue weighted by atomic mass is 16.5. The number of hydrogen-bond acceptors (Lipinski definition) is 4. The third-order valence-corrected chi connectivity index (χ3v) is 7.74. The quantitative estimate of drug-likeness (QED) is 0.660. The molecule has 3 fully saturated rings. The Bertz CT molecular complexity index is 889. The van der Waals surface area contributed by atoms with Crippen LogP contribution in [0, 0.1) is 0 Å². The van der Waals surface area contributed by atoms with Crippen molar-refractivity contribution in [2.24, 2.45) is 0 Å². The SMILES string of the molecule is CN(C(=O)c1cnn(-c2ccc(OC3CCN(C4CCCC4)CC3)cc2)c1)C1CCCC1. The lowest BCUT2D eigenvalue weighted by atomic mass is 10.0. The lowest BCUT2D eigenvalue weighted by Crippen LogP contribution is -2.43. The first kappa shape index (κ1) is 21.5. The Balaban J connectivity index is 1.15. The molecule has 1 aliphatic heterocycles. The number of carbonyl (C=O) groups excluding carboxylic acids is 1. The zero-order valence-electron chi connectivity index (χ0n) is 19.3. The van der Waals surface area contributed by atoms with Crippen LogP contribution in [-0.2, 0) is 0 Å². The summed E-state index contributed by atoms with van der Waals surface area (Å²) in [5.41, 5.74) is 1.59. The molecule has 1 aromatic carbocycles. The van der Waals surface area contributed by atoms with Gasteiger partial charge in [0, 0.05) is 38.4 Å². The summed E-state index contributed by atoms with van der Waals surface area (Å²) < 4.78 is 8.05. The van der Waals surface area contributed by atoms with Crippen LogP contribution in [0.3, 0.4) is 0 Å². The average molecular weight is 437 g/mol. The molecule has 0 bridgehead atoms. The third kappa shape index (κ3) is 4.70. The predicted molar refractivity (Wildman–Crippen MR) is 125 cm³/mol. The van der Waals surface area contributed by atoms with Gasteiger partial charge in [0.1, 0.15) is 11.9 Å². The molecule has 32 heavy (non-hydrogen) atoms. The van der Waals surface area contributed by atoms with E-state index in [-0.39, 0.29) is 5.91 Å². The van der Waals surface area contributed by atoms with Crippen LogP contribution in [0.15, 0.2) is 36.7 Å². The van der Waals surface area contributed by atoms with Crippen LogP contribution in [0.25, 0.3) is 5.69 Å². The molecular weight excluding hydrogens is 400 g/mol. The number of ether oxygens (including phenoxy) is 1. The minimum absolute atomic E-state index is 0.0621. The number of aromatic nitrogens is 2. The van der Waals surface area contributed by atoms with E-state index in [4.69, 9.17) is 4.74 Å². The monoisotopic (exact) mass is 436 g/mol. The van der Waals surface area contributed by atoms with Gasteiger partial charge in [0.05, 0.1) is 17.4 Å². The maximum atomic E-state index is 12.8. The number of hydrogen-bond donors (Lipinski definition) is 0. The molecule has 172 valence electrons. The van der Waals surface area contributed by atoms with Gasteiger partial charge in [-0.05, 0) is 62.8 Å². The molecule has 0 radical (unpaired) electrons. The molecule has 1 amide bonds. The van der Waals surface area contributed by atoms with Crippen LogP contribution >= 0.6 is 0 Å². The summed E-state index contributed by atoms with van der Waals surface area (Å²) in [6.45, 7) is 2.32. The van der Waals surface area contributed by atoms with E-state index in [0.717, 1.165) is 56.3 Å². The number of likely N-dealkylation sites (tertiary alicyclic amines) is 1. The van der Waals surface area contributed by atoms with Gasteiger partial charge in [0.15, 0.2) is 0 Å². The second-order valence-corrected chi connectivity index (χ2v) is 9.81. The summed E-state index contributed by atoms with van der Waals surface area (Å²) in [5.74, 6) is 0.976. The van der Waals surface area contributed by atoms with Crippen molar-refractivity contribution in [2.45, 2.75) is 82.4 Å². The second-order valence-electron chi connectivity index (χ2n) is 9.81. The van der Waals surface area contributed by atoms with Crippen LogP contribution < -0.4 is 4.74 Å². The van der Waals surface area contributed by atoms with E-state index < -0.39 is 0 Å². The van der Waals surface area contributed by atoms with Crippen LogP contribution in [0.4, 0.5) is 0 Å². The summed E-state index contributed by atoms with van der Waals surface area (Å²) in [6.07, 6.45) is 16.2. The summed E-state index contributed by atoms with van der Waals surface area (Å²) in [7, 11) is 1.92. The van der Waals surface area contributed by atoms with Gasteiger partial charge in [-0.2, -0.15) is 5.10 Å². The summed E-state index contributed by atoms with van der Waals surface area (Å²) in [4.78, 5) is 17.4. The number of benzene rings is 1. The van der Waals surface area contributed by atoms with E-state index >= 15 is 0 Å². The molecule has 6 heteroatoms. The average Bonchev–Trinajstić information content (AvgIpc) is 3.62. The number of rotatable bonds is 6. The Labute approximate surface area is 191 Å².